The van der Waals surface area contributed by atoms with Crippen molar-refractivity contribution in [1.29, 1.82) is 0 Å². The minimum absolute atomic E-state index is 0.0582. The molecule has 1 amide bonds. The molecule has 3 rings (SSSR count). The zero-order valence-corrected chi connectivity index (χ0v) is 13.7. The average molecular weight is 320 g/mol. The minimum Gasteiger partial charge on any atom is -0.481 e. The van der Waals surface area contributed by atoms with E-state index in [1.807, 2.05) is 0 Å². The van der Waals surface area contributed by atoms with Crippen LogP contribution in [-0.2, 0) is 9.53 Å². The molecule has 1 aromatic heterocycles. The molecule has 7 heteroatoms. The van der Waals surface area contributed by atoms with Gasteiger partial charge in [0.15, 0.2) is 0 Å². The highest BCUT2D eigenvalue weighted by Gasteiger charge is 2.51. The van der Waals surface area contributed by atoms with Crippen molar-refractivity contribution in [3.05, 3.63) is 12.3 Å². The van der Waals surface area contributed by atoms with Crippen molar-refractivity contribution >= 4 is 11.9 Å². The Morgan fingerprint density at radius 2 is 2.22 bits per heavy atom. The van der Waals surface area contributed by atoms with Gasteiger partial charge in [-0.3, -0.25) is 4.79 Å². The number of rotatable bonds is 5. The highest BCUT2D eigenvalue weighted by Crippen LogP contribution is 2.44. The second-order valence-corrected chi connectivity index (χ2v) is 6.20. The highest BCUT2D eigenvalue weighted by atomic mass is 16.5. The van der Waals surface area contributed by atoms with Crippen LogP contribution in [0, 0.1) is 0 Å². The molecule has 1 aromatic rings. The SMILES string of the molecule is COCC(=O)NC1CCN(c2nccc(OC)n2)C12CCCC2. The topological polar surface area (TPSA) is 76.6 Å². The first-order valence-electron chi connectivity index (χ1n) is 8.12. The Kier molecular flexibility index (Phi) is 4.66. The van der Waals surface area contributed by atoms with Crippen LogP contribution in [0.2, 0.25) is 0 Å². The van der Waals surface area contributed by atoms with Crippen molar-refractivity contribution in [2.24, 2.45) is 0 Å². The maximum absolute atomic E-state index is 12.0. The van der Waals surface area contributed by atoms with E-state index in [9.17, 15) is 4.79 Å². The van der Waals surface area contributed by atoms with Gasteiger partial charge >= 0.3 is 0 Å². The van der Waals surface area contributed by atoms with Gasteiger partial charge in [-0.25, -0.2) is 4.98 Å². The minimum atomic E-state index is -0.0875. The molecule has 2 aliphatic rings. The molecule has 23 heavy (non-hydrogen) atoms. The molecule has 7 nitrogen and oxygen atoms in total. The Bertz CT molecular complexity index is 560. The summed E-state index contributed by atoms with van der Waals surface area (Å²) in [6.07, 6.45) is 7.04. The number of carbonyl (C=O) groups is 1. The first-order chi connectivity index (χ1) is 11.2. The van der Waals surface area contributed by atoms with Crippen molar-refractivity contribution in [2.75, 3.05) is 32.3 Å². The van der Waals surface area contributed by atoms with E-state index in [1.165, 1.54) is 7.11 Å². The predicted molar refractivity (Wildman–Crippen MR) is 85.6 cm³/mol. The van der Waals surface area contributed by atoms with Gasteiger partial charge in [0.25, 0.3) is 0 Å². The van der Waals surface area contributed by atoms with Crippen LogP contribution < -0.4 is 15.0 Å². The van der Waals surface area contributed by atoms with Gasteiger partial charge < -0.3 is 19.7 Å². The first kappa shape index (κ1) is 16.0. The first-order valence-corrected chi connectivity index (χ1v) is 8.12. The summed E-state index contributed by atoms with van der Waals surface area (Å²) >= 11 is 0. The molecule has 0 aromatic carbocycles. The number of carbonyl (C=O) groups excluding carboxylic acids is 1. The molecule has 0 bridgehead atoms. The number of ether oxygens (including phenoxy) is 2. The summed E-state index contributed by atoms with van der Waals surface area (Å²) in [5, 5.41) is 3.15. The van der Waals surface area contributed by atoms with Crippen molar-refractivity contribution in [2.45, 2.75) is 43.7 Å². The number of hydrogen-bond donors (Lipinski definition) is 1. The van der Waals surface area contributed by atoms with E-state index in [1.54, 1.807) is 19.4 Å². The van der Waals surface area contributed by atoms with Crippen molar-refractivity contribution in [3.8, 4) is 5.88 Å². The van der Waals surface area contributed by atoms with E-state index < -0.39 is 0 Å². The summed E-state index contributed by atoms with van der Waals surface area (Å²) in [7, 11) is 3.14. The number of methoxy groups -OCH3 is 2. The van der Waals surface area contributed by atoms with Crippen LogP contribution in [-0.4, -0.2) is 54.8 Å². The monoisotopic (exact) mass is 320 g/mol. The standard InChI is InChI=1S/C16H24N4O3/c1-22-11-13(21)18-12-6-10-20(16(12)7-3-4-8-16)15-17-9-5-14(19-15)23-2/h5,9,12H,3-4,6-8,10-11H2,1-2H3,(H,18,21). The molecule has 1 atom stereocenters. The Labute approximate surface area is 136 Å². The number of nitrogens with zero attached hydrogens (tertiary/aromatic N) is 3. The summed E-state index contributed by atoms with van der Waals surface area (Å²) < 4.78 is 10.2. The Morgan fingerprint density at radius 1 is 1.43 bits per heavy atom. The molecule has 1 unspecified atom stereocenters. The van der Waals surface area contributed by atoms with E-state index >= 15 is 0 Å². The molecule has 0 radical (unpaired) electrons. The Balaban J connectivity index is 1.85. The van der Waals surface area contributed by atoms with Gasteiger partial charge in [0.2, 0.25) is 17.7 Å². The Hall–Kier alpha value is -1.89. The lowest BCUT2D eigenvalue weighted by molar-refractivity contribution is -0.125. The van der Waals surface area contributed by atoms with Crippen LogP contribution in [0.1, 0.15) is 32.1 Å². The Morgan fingerprint density at radius 3 is 2.91 bits per heavy atom. The largest absolute Gasteiger partial charge is 0.481 e. The third-order valence-electron chi connectivity index (χ3n) is 4.98. The predicted octanol–water partition coefficient (Wildman–Crippen LogP) is 1.14. The van der Waals surface area contributed by atoms with Gasteiger partial charge in [0.1, 0.15) is 6.61 Å². The van der Waals surface area contributed by atoms with Crippen molar-refractivity contribution < 1.29 is 14.3 Å². The molecule has 1 saturated carbocycles. The van der Waals surface area contributed by atoms with Crippen LogP contribution in [0.15, 0.2) is 12.3 Å². The van der Waals surface area contributed by atoms with E-state index in [0.717, 1.165) is 38.6 Å². The fourth-order valence-electron chi connectivity index (χ4n) is 3.99. The number of amides is 1. The quantitative estimate of drug-likeness (QED) is 0.877. The van der Waals surface area contributed by atoms with Crippen LogP contribution >= 0.6 is 0 Å². The molecule has 1 aliphatic heterocycles. The maximum atomic E-state index is 12.0. The second-order valence-electron chi connectivity index (χ2n) is 6.20. The second kappa shape index (κ2) is 6.70. The summed E-state index contributed by atoms with van der Waals surface area (Å²) in [4.78, 5) is 23.2. The van der Waals surface area contributed by atoms with E-state index in [-0.39, 0.29) is 24.1 Å². The van der Waals surface area contributed by atoms with E-state index in [4.69, 9.17) is 9.47 Å². The molecule has 2 fully saturated rings. The van der Waals surface area contributed by atoms with Gasteiger partial charge in [-0.15, -0.1) is 0 Å². The fraction of sp³-hybridized carbons (Fsp3) is 0.688. The van der Waals surface area contributed by atoms with E-state index in [0.29, 0.717) is 11.8 Å². The van der Waals surface area contributed by atoms with Crippen LogP contribution in [0.3, 0.4) is 0 Å². The number of nitrogens with one attached hydrogen (secondary N) is 1. The number of hydrogen-bond acceptors (Lipinski definition) is 6. The normalized spacial score (nSPS) is 22.5. The zero-order chi connectivity index (χ0) is 16.3. The lowest BCUT2D eigenvalue weighted by Crippen LogP contribution is -2.55. The molecule has 126 valence electrons. The maximum Gasteiger partial charge on any atom is 0.246 e. The fourth-order valence-corrected chi connectivity index (χ4v) is 3.99. The molecule has 2 heterocycles. The molecule has 1 saturated heterocycles. The third-order valence-corrected chi connectivity index (χ3v) is 4.98. The summed E-state index contributed by atoms with van der Waals surface area (Å²) in [6.45, 7) is 0.938. The van der Waals surface area contributed by atoms with Crippen LogP contribution in [0.4, 0.5) is 5.95 Å². The van der Waals surface area contributed by atoms with Gasteiger partial charge in [-0.1, -0.05) is 12.8 Å². The third kappa shape index (κ3) is 2.97. The molecular formula is C16H24N4O3. The summed E-state index contributed by atoms with van der Waals surface area (Å²) in [5.74, 6) is 1.20. The highest BCUT2D eigenvalue weighted by molar-refractivity contribution is 5.78. The van der Waals surface area contributed by atoms with Crippen LogP contribution in [0.25, 0.3) is 0 Å². The smallest absolute Gasteiger partial charge is 0.246 e. The molecule has 1 N–H and O–H groups in total. The summed E-state index contributed by atoms with van der Waals surface area (Å²) in [6, 6.07) is 1.86. The average Bonchev–Trinajstić information content (AvgIpc) is 3.17. The van der Waals surface area contributed by atoms with Gasteiger partial charge in [0, 0.05) is 25.9 Å². The van der Waals surface area contributed by atoms with E-state index in [2.05, 4.69) is 20.2 Å². The lowest BCUT2D eigenvalue weighted by atomic mass is 9.89. The van der Waals surface area contributed by atoms with Gasteiger partial charge in [-0.2, -0.15) is 4.98 Å². The molecule has 1 aliphatic carbocycles. The lowest BCUT2D eigenvalue weighted by Gasteiger charge is -2.39. The van der Waals surface area contributed by atoms with Crippen molar-refractivity contribution in [1.82, 2.24) is 15.3 Å². The zero-order valence-electron chi connectivity index (χ0n) is 13.7. The number of anilines is 1. The summed E-state index contributed by atoms with van der Waals surface area (Å²) in [5.41, 5.74) is -0.0875. The molecule has 1 spiro atoms. The van der Waals surface area contributed by atoms with Gasteiger partial charge in [-0.05, 0) is 19.3 Å². The molecular weight excluding hydrogens is 296 g/mol. The van der Waals surface area contributed by atoms with Crippen molar-refractivity contribution in [3.63, 3.8) is 0 Å². The van der Waals surface area contributed by atoms with Crippen LogP contribution in [0.5, 0.6) is 5.88 Å². The van der Waals surface area contributed by atoms with Gasteiger partial charge in [0.05, 0.1) is 18.7 Å². The number of aromatic nitrogens is 2.